The average Bonchev–Trinajstić information content (AvgIpc) is 2.77. The van der Waals surface area contributed by atoms with Crippen LogP contribution < -0.4 is 5.73 Å². The number of aryl methyl sites for hydroxylation is 1. The minimum Gasteiger partial charge on any atom is -0.327 e. The highest BCUT2D eigenvalue weighted by molar-refractivity contribution is 6.33. The normalized spacial score (nSPS) is 11.1. The molecular formula is C15H14ClN3. The molecule has 3 aromatic rings. The summed E-state index contributed by atoms with van der Waals surface area (Å²) in [6.45, 7) is 0.482. The molecule has 3 rings (SSSR count). The second kappa shape index (κ2) is 4.68. The van der Waals surface area contributed by atoms with Gasteiger partial charge in [0.15, 0.2) is 0 Å². The Kier molecular flexibility index (Phi) is 3.01. The molecule has 0 saturated carbocycles. The van der Waals surface area contributed by atoms with E-state index in [2.05, 4.69) is 4.57 Å². The number of rotatable bonds is 2. The lowest BCUT2D eigenvalue weighted by Gasteiger charge is -2.04. The number of hydrogen-bond acceptors (Lipinski definition) is 2. The number of aromatic nitrogens is 2. The monoisotopic (exact) mass is 271 g/mol. The van der Waals surface area contributed by atoms with E-state index in [-0.39, 0.29) is 0 Å². The molecule has 0 spiro atoms. The van der Waals surface area contributed by atoms with Gasteiger partial charge in [0.1, 0.15) is 5.82 Å². The summed E-state index contributed by atoms with van der Waals surface area (Å²) in [6, 6.07) is 13.8. The molecule has 3 nitrogen and oxygen atoms in total. The molecule has 4 heteroatoms. The Labute approximate surface area is 116 Å². The van der Waals surface area contributed by atoms with Gasteiger partial charge in [0.2, 0.25) is 0 Å². The molecule has 0 aliphatic carbocycles. The lowest BCUT2D eigenvalue weighted by Crippen LogP contribution is -1.97. The predicted molar refractivity (Wildman–Crippen MR) is 79.1 cm³/mol. The molecule has 0 amide bonds. The van der Waals surface area contributed by atoms with Crippen LogP contribution in [0.15, 0.2) is 42.5 Å². The summed E-state index contributed by atoms with van der Waals surface area (Å²) in [5.74, 6) is 0.863. The molecule has 0 aliphatic rings. The summed E-state index contributed by atoms with van der Waals surface area (Å²) < 4.78 is 2.05. The first-order valence-corrected chi connectivity index (χ1v) is 6.49. The van der Waals surface area contributed by atoms with Crippen molar-refractivity contribution in [2.24, 2.45) is 12.8 Å². The molecule has 0 aliphatic heterocycles. The number of nitrogens with two attached hydrogens (primary N) is 1. The number of fused-ring (bicyclic) bond motifs is 1. The number of imidazole rings is 1. The third-order valence-corrected chi connectivity index (χ3v) is 3.66. The van der Waals surface area contributed by atoms with Crippen LogP contribution >= 0.6 is 11.6 Å². The van der Waals surface area contributed by atoms with E-state index in [1.54, 1.807) is 0 Å². The Bertz CT molecular complexity index is 746. The minimum absolute atomic E-state index is 0.482. The molecule has 19 heavy (non-hydrogen) atoms. The van der Waals surface area contributed by atoms with Crippen LogP contribution in [0, 0.1) is 0 Å². The van der Waals surface area contributed by atoms with E-state index in [4.69, 9.17) is 22.3 Å². The number of hydrogen-bond donors (Lipinski definition) is 1. The van der Waals surface area contributed by atoms with Gasteiger partial charge in [-0.05, 0) is 23.8 Å². The van der Waals surface area contributed by atoms with Gasteiger partial charge in [0, 0.05) is 19.2 Å². The summed E-state index contributed by atoms with van der Waals surface area (Å²) >= 11 is 6.25. The van der Waals surface area contributed by atoms with E-state index in [0.717, 1.165) is 28.0 Å². The van der Waals surface area contributed by atoms with E-state index >= 15 is 0 Å². The molecule has 2 aromatic carbocycles. The van der Waals surface area contributed by atoms with Crippen molar-refractivity contribution in [1.29, 1.82) is 0 Å². The van der Waals surface area contributed by atoms with Crippen molar-refractivity contribution in [2.75, 3.05) is 0 Å². The highest BCUT2D eigenvalue weighted by Gasteiger charge is 2.13. The molecule has 0 saturated heterocycles. The lowest BCUT2D eigenvalue weighted by molar-refractivity contribution is 0.959. The van der Waals surface area contributed by atoms with Gasteiger partial charge < -0.3 is 10.3 Å². The largest absolute Gasteiger partial charge is 0.327 e. The Morgan fingerprint density at radius 3 is 2.68 bits per heavy atom. The molecule has 0 radical (unpaired) electrons. The number of benzene rings is 2. The molecular weight excluding hydrogens is 258 g/mol. The van der Waals surface area contributed by atoms with E-state index in [1.165, 1.54) is 0 Å². The zero-order valence-electron chi connectivity index (χ0n) is 10.6. The fraction of sp³-hybridized carbons (Fsp3) is 0.133. The fourth-order valence-corrected chi connectivity index (χ4v) is 2.54. The van der Waals surface area contributed by atoms with Crippen molar-refractivity contribution in [2.45, 2.75) is 6.54 Å². The topological polar surface area (TPSA) is 43.8 Å². The molecule has 1 heterocycles. The van der Waals surface area contributed by atoms with Crippen LogP contribution in [0.5, 0.6) is 0 Å². The zero-order valence-corrected chi connectivity index (χ0v) is 11.4. The lowest BCUT2D eigenvalue weighted by atomic mass is 10.2. The Hall–Kier alpha value is -1.84. The van der Waals surface area contributed by atoms with Crippen LogP contribution in [-0.2, 0) is 13.6 Å². The van der Waals surface area contributed by atoms with Crippen LogP contribution in [0.25, 0.3) is 22.4 Å². The van der Waals surface area contributed by atoms with E-state index in [9.17, 15) is 0 Å². The van der Waals surface area contributed by atoms with Crippen LogP contribution in [0.3, 0.4) is 0 Å². The summed E-state index contributed by atoms with van der Waals surface area (Å²) in [5.41, 5.74) is 9.77. The van der Waals surface area contributed by atoms with Crippen molar-refractivity contribution < 1.29 is 0 Å². The van der Waals surface area contributed by atoms with Crippen molar-refractivity contribution >= 4 is 22.6 Å². The molecule has 2 N–H and O–H groups in total. The van der Waals surface area contributed by atoms with E-state index in [1.807, 2.05) is 49.5 Å². The number of para-hydroxylation sites is 1. The van der Waals surface area contributed by atoms with E-state index < -0.39 is 0 Å². The quantitative estimate of drug-likeness (QED) is 0.777. The van der Waals surface area contributed by atoms with E-state index in [0.29, 0.717) is 11.6 Å². The molecule has 0 fully saturated rings. The fourth-order valence-electron chi connectivity index (χ4n) is 2.32. The highest BCUT2D eigenvalue weighted by Crippen LogP contribution is 2.30. The van der Waals surface area contributed by atoms with Gasteiger partial charge in [-0.3, -0.25) is 0 Å². The number of halogens is 1. The minimum atomic E-state index is 0.482. The number of nitrogens with zero attached hydrogens (tertiary/aromatic N) is 2. The van der Waals surface area contributed by atoms with Crippen molar-refractivity contribution in [1.82, 2.24) is 9.55 Å². The second-order valence-electron chi connectivity index (χ2n) is 4.46. The summed E-state index contributed by atoms with van der Waals surface area (Å²) in [4.78, 5) is 4.71. The van der Waals surface area contributed by atoms with Gasteiger partial charge in [0.25, 0.3) is 0 Å². The molecule has 0 bridgehead atoms. The third kappa shape index (κ3) is 1.91. The summed E-state index contributed by atoms with van der Waals surface area (Å²) in [5, 5.41) is 0.704. The maximum atomic E-state index is 6.25. The molecule has 96 valence electrons. The van der Waals surface area contributed by atoms with Crippen LogP contribution in [0.4, 0.5) is 0 Å². The van der Waals surface area contributed by atoms with Crippen molar-refractivity contribution in [3.8, 4) is 11.4 Å². The smallest absolute Gasteiger partial charge is 0.142 e. The van der Waals surface area contributed by atoms with Gasteiger partial charge in [-0.15, -0.1) is 0 Å². The second-order valence-corrected chi connectivity index (χ2v) is 4.87. The first kappa shape index (κ1) is 12.2. The standard InChI is InChI=1S/C15H14ClN3/c1-19-13-8-4-5-10(9-17)14(13)18-15(19)11-6-2-3-7-12(11)16/h2-8H,9,17H2,1H3. The summed E-state index contributed by atoms with van der Waals surface area (Å²) in [6.07, 6.45) is 0. The molecule has 0 atom stereocenters. The maximum absolute atomic E-state index is 6.25. The van der Waals surface area contributed by atoms with Gasteiger partial charge in [-0.25, -0.2) is 4.98 Å². The molecule has 1 aromatic heterocycles. The van der Waals surface area contributed by atoms with Gasteiger partial charge >= 0.3 is 0 Å². The third-order valence-electron chi connectivity index (χ3n) is 3.33. The Morgan fingerprint density at radius 2 is 1.95 bits per heavy atom. The van der Waals surface area contributed by atoms with Gasteiger partial charge in [0.05, 0.1) is 16.1 Å². The Morgan fingerprint density at radius 1 is 1.16 bits per heavy atom. The van der Waals surface area contributed by atoms with Crippen molar-refractivity contribution in [3.63, 3.8) is 0 Å². The van der Waals surface area contributed by atoms with Gasteiger partial charge in [-0.2, -0.15) is 0 Å². The van der Waals surface area contributed by atoms with Crippen LogP contribution in [-0.4, -0.2) is 9.55 Å². The van der Waals surface area contributed by atoms with Gasteiger partial charge in [-0.1, -0.05) is 35.9 Å². The summed E-state index contributed by atoms with van der Waals surface area (Å²) in [7, 11) is 1.99. The van der Waals surface area contributed by atoms with Crippen molar-refractivity contribution in [3.05, 3.63) is 53.1 Å². The van der Waals surface area contributed by atoms with Crippen LogP contribution in [0.1, 0.15) is 5.56 Å². The predicted octanol–water partition coefficient (Wildman–Crippen LogP) is 3.35. The molecule has 0 unspecified atom stereocenters. The maximum Gasteiger partial charge on any atom is 0.142 e. The highest BCUT2D eigenvalue weighted by atomic mass is 35.5. The average molecular weight is 272 g/mol. The first-order valence-electron chi connectivity index (χ1n) is 6.11. The van der Waals surface area contributed by atoms with Crippen LogP contribution in [0.2, 0.25) is 5.02 Å². The zero-order chi connectivity index (χ0) is 13.4. The first-order chi connectivity index (χ1) is 9.22. The SMILES string of the molecule is Cn1c(-c2ccccc2Cl)nc2c(CN)cccc21. The Balaban J connectivity index is 2.32.